The summed E-state index contributed by atoms with van der Waals surface area (Å²) in [7, 11) is 0. The third-order valence-electron chi connectivity index (χ3n) is 8.72. The molecule has 5 nitrogen and oxygen atoms in total. The van der Waals surface area contributed by atoms with Gasteiger partial charge in [-0.3, -0.25) is 4.79 Å². The van der Waals surface area contributed by atoms with Crippen LogP contribution in [0.25, 0.3) is 11.3 Å². The van der Waals surface area contributed by atoms with Gasteiger partial charge in [0.25, 0.3) is 0 Å². The van der Waals surface area contributed by atoms with Crippen LogP contribution in [0.15, 0.2) is 126 Å². The van der Waals surface area contributed by atoms with Gasteiger partial charge in [0.2, 0.25) is 0 Å². The summed E-state index contributed by atoms with van der Waals surface area (Å²) in [5.74, 6) is 0.895. The van der Waals surface area contributed by atoms with Gasteiger partial charge in [0.15, 0.2) is 5.78 Å². The summed E-state index contributed by atoms with van der Waals surface area (Å²) in [6.45, 7) is 3.20. The van der Waals surface area contributed by atoms with Gasteiger partial charge in [-0.05, 0) is 40.6 Å². The molecule has 1 saturated heterocycles. The van der Waals surface area contributed by atoms with Crippen LogP contribution in [-0.4, -0.2) is 38.2 Å². The molecule has 3 aromatic carbocycles. The van der Waals surface area contributed by atoms with Crippen LogP contribution >= 0.6 is 0 Å². The number of nitrogens with zero attached hydrogens (tertiary/aromatic N) is 1. The van der Waals surface area contributed by atoms with Gasteiger partial charge in [-0.25, -0.2) is 0 Å². The number of fused-ring (bicyclic) bond motifs is 5. The molecule has 2 aliphatic carbocycles. The van der Waals surface area contributed by atoms with Crippen molar-refractivity contribution in [3.63, 3.8) is 0 Å². The van der Waals surface area contributed by atoms with Crippen molar-refractivity contribution in [3.05, 3.63) is 148 Å². The highest BCUT2D eigenvalue weighted by molar-refractivity contribution is 6.12. The van der Waals surface area contributed by atoms with Crippen LogP contribution in [0, 0.1) is 0 Å². The number of Topliss-reactive ketones (excluding diaryl/α,β-unsaturated/α-hetero) is 1. The molecule has 0 aromatic heterocycles. The van der Waals surface area contributed by atoms with Crippen LogP contribution in [0.3, 0.4) is 0 Å². The van der Waals surface area contributed by atoms with Gasteiger partial charge in [0.05, 0.1) is 19.5 Å². The zero-order chi connectivity index (χ0) is 27.4. The fourth-order valence-corrected chi connectivity index (χ4v) is 6.88. The van der Waals surface area contributed by atoms with Gasteiger partial charge in [0, 0.05) is 52.7 Å². The van der Waals surface area contributed by atoms with Crippen LogP contribution < -0.4 is 15.3 Å². The highest BCUT2D eigenvalue weighted by Gasteiger charge is 2.51. The maximum atomic E-state index is 14.0. The minimum absolute atomic E-state index is 0.113. The predicted molar refractivity (Wildman–Crippen MR) is 158 cm³/mol. The smallest absolute Gasteiger partial charge is 0.167 e. The predicted octanol–water partition coefficient (Wildman–Crippen LogP) is 4.43. The number of ether oxygens (including phenoxy) is 3. The molecular weight excluding hydrogens is 510 g/mol. The third kappa shape index (κ3) is 3.66. The average molecular weight is 540 g/mol. The van der Waals surface area contributed by atoms with E-state index in [-0.39, 0.29) is 5.78 Å². The molecule has 1 fully saturated rings. The number of carbonyl (C=O) groups excluding carboxylic acids is 1. The van der Waals surface area contributed by atoms with Crippen molar-refractivity contribution in [2.24, 2.45) is 0 Å². The lowest BCUT2D eigenvalue weighted by Crippen LogP contribution is -2.50. The summed E-state index contributed by atoms with van der Waals surface area (Å²) in [6.07, 6.45) is 9.63. The standard InChI is InChI=1S/C36H29NO4/c38-31-14-6-13-30-33(31)32-27-10-4-5-11-28(27)34-29(12-7-21-40-34)35(32)41-36(30,24-8-2-1-3-9-24)25-15-17-26(18-16-25)37-19-22-39-23-20-37/h1-13,15-18,21,35H,14,19-20,22-23H2. The number of anilines is 1. The molecule has 2 atom stereocenters. The second-order valence-corrected chi connectivity index (χ2v) is 10.9. The van der Waals surface area contributed by atoms with E-state index in [9.17, 15) is 4.79 Å². The molecule has 5 aliphatic rings. The third-order valence-corrected chi connectivity index (χ3v) is 8.72. The molecule has 202 valence electrons. The molecule has 0 amide bonds. The van der Waals surface area contributed by atoms with Crippen LogP contribution in [0.5, 0.6) is 0 Å². The summed E-state index contributed by atoms with van der Waals surface area (Å²) >= 11 is 0. The van der Waals surface area contributed by atoms with Gasteiger partial charge >= 0.3 is 0 Å². The Morgan fingerprint density at radius 3 is 2.37 bits per heavy atom. The maximum absolute atomic E-state index is 14.0. The van der Waals surface area contributed by atoms with Crippen molar-refractivity contribution < 1.29 is 19.0 Å². The number of hydrogen-bond acceptors (Lipinski definition) is 5. The largest absolute Gasteiger partial charge is 0.464 e. The first-order valence-electron chi connectivity index (χ1n) is 14.2. The topological polar surface area (TPSA) is 48.0 Å². The second-order valence-electron chi connectivity index (χ2n) is 10.9. The molecule has 0 N–H and O–H groups in total. The molecular formula is C36H29NO4. The van der Waals surface area contributed by atoms with E-state index >= 15 is 0 Å². The Morgan fingerprint density at radius 2 is 1.56 bits per heavy atom. The van der Waals surface area contributed by atoms with Gasteiger partial charge in [0.1, 0.15) is 17.5 Å². The SMILES string of the molecule is O=C1CC=CC2=C1C1=c3ccccc3=C3OC=CC=C3C1OC2(c1ccccc1)c1ccc(N2CCOCC2)cc1. The quantitative estimate of drug-likeness (QED) is 0.493. The molecule has 0 radical (unpaired) electrons. The second kappa shape index (κ2) is 9.58. The molecule has 3 heterocycles. The highest BCUT2D eigenvalue weighted by atomic mass is 16.5. The Bertz CT molecular complexity index is 1810. The van der Waals surface area contributed by atoms with E-state index in [0.717, 1.165) is 81.6 Å². The number of allylic oxidation sites excluding steroid dienone is 3. The normalized spacial score (nSPS) is 24.7. The molecule has 2 unspecified atom stereocenters. The van der Waals surface area contributed by atoms with Crippen LogP contribution in [0.2, 0.25) is 0 Å². The number of hydrogen-bond donors (Lipinski definition) is 0. The Morgan fingerprint density at radius 1 is 0.829 bits per heavy atom. The van der Waals surface area contributed by atoms with E-state index in [0.29, 0.717) is 6.42 Å². The maximum Gasteiger partial charge on any atom is 0.167 e. The van der Waals surface area contributed by atoms with E-state index in [4.69, 9.17) is 14.2 Å². The van der Waals surface area contributed by atoms with Crippen molar-refractivity contribution in [3.8, 4) is 0 Å². The highest BCUT2D eigenvalue weighted by Crippen LogP contribution is 2.53. The Kier molecular flexibility index (Phi) is 5.69. The fourth-order valence-electron chi connectivity index (χ4n) is 6.88. The first-order valence-corrected chi connectivity index (χ1v) is 14.2. The summed E-state index contributed by atoms with van der Waals surface area (Å²) < 4.78 is 19.1. The minimum Gasteiger partial charge on any atom is -0.464 e. The Balaban J connectivity index is 1.43. The van der Waals surface area contributed by atoms with E-state index in [1.54, 1.807) is 6.26 Å². The van der Waals surface area contributed by atoms with Crippen LogP contribution in [0.1, 0.15) is 17.5 Å². The van der Waals surface area contributed by atoms with Crippen molar-refractivity contribution in [1.82, 2.24) is 0 Å². The van der Waals surface area contributed by atoms with Crippen molar-refractivity contribution >= 4 is 22.8 Å². The number of benzene rings is 3. The average Bonchev–Trinajstić information content (AvgIpc) is 3.05. The molecule has 0 saturated carbocycles. The molecule has 5 heteroatoms. The molecule has 41 heavy (non-hydrogen) atoms. The lowest BCUT2D eigenvalue weighted by Gasteiger charge is -2.47. The lowest BCUT2D eigenvalue weighted by molar-refractivity contribution is -0.115. The van der Waals surface area contributed by atoms with Crippen molar-refractivity contribution in [2.45, 2.75) is 18.1 Å². The monoisotopic (exact) mass is 539 g/mol. The summed E-state index contributed by atoms with van der Waals surface area (Å²) in [5.41, 5.74) is 5.63. The van der Waals surface area contributed by atoms with E-state index in [1.807, 2.05) is 42.5 Å². The number of rotatable bonds is 3. The number of carbonyl (C=O) groups is 1. The summed E-state index contributed by atoms with van der Waals surface area (Å²) in [4.78, 5) is 16.3. The Labute approximate surface area is 238 Å². The molecule has 0 spiro atoms. The Hall–Kier alpha value is -4.45. The van der Waals surface area contributed by atoms with Crippen molar-refractivity contribution in [1.29, 1.82) is 0 Å². The van der Waals surface area contributed by atoms with E-state index in [1.165, 1.54) is 0 Å². The minimum atomic E-state index is -1.000. The molecule has 8 rings (SSSR count). The summed E-state index contributed by atoms with van der Waals surface area (Å²) in [5, 5.41) is 1.97. The van der Waals surface area contributed by atoms with Gasteiger partial charge in [-0.1, -0.05) is 78.9 Å². The summed E-state index contributed by atoms with van der Waals surface area (Å²) in [6, 6.07) is 27.1. The zero-order valence-corrected chi connectivity index (χ0v) is 22.6. The van der Waals surface area contributed by atoms with Crippen molar-refractivity contribution in [2.75, 3.05) is 31.2 Å². The van der Waals surface area contributed by atoms with Gasteiger partial charge < -0.3 is 19.1 Å². The number of morpholine rings is 1. The first kappa shape index (κ1) is 24.4. The van der Waals surface area contributed by atoms with Crippen LogP contribution in [0.4, 0.5) is 5.69 Å². The molecule has 3 aliphatic heterocycles. The fraction of sp³-hybridized carbons (Fsp3) is 0.194. The molecule has 3 aromatic rings. The first-order chi connectivity index (χ1) is 20.3. The van der Waals surface area contributed by atoms with Gasteiger partial charge in [-0.2, -0.15) is 0 Å². The lowest BCUT2D eigenvalue weighted by atomic mass is 9.69. The van der Waals surface area contributed by atoms with E-state index < -0.39 is 11.7 Å². The van der Waals surface area contributed by atoms with Crippen LogP contribution in [-0.2, 0) is 24.6 Å². The molecule has 0 bridgehead atoms. The van der Waals surface area contributed by atoms with Gasteiger partial charge in [-0.15, -0.1) is 0 Å². The van der Waals surface area contributed by atoms with E-state index in [2.05, 4.69) is 65.6 Å². The zero-order valence-electron chi connectivity index (χ0n) is 22.6. The number of ketones is 1.